The summed E-state index contributed by atoms with van der Waals surface area (Å²) in [7, 11) is 0. The summed E-state index contributed by atoms with van der Waals surface area (Å²) in [6.45, 7) is 6.10. The second-order valence-corrected chi connectivity index (χ2v) is 9.63. The average Bonchev–Trinajstić information content (AvgIpc) is 3.16. The molecule has 0 amide bonds. The molecular formula is C28H41Cl2N3. The summed E-state index contributed by atoms with van der Waals surface area (Å²) in [5, 5.41) is 4.20. The summed E-state index contributed by atoms with van der Waals surface area (Å²) in [4.78, 5) is 4.61. The van der Waals surface area contributed by atoms with Gasteiger partial charge < -0.3 is 9.88 Å². The van der Waals surface area contributed by atoms with E-state index >= 15 is 0 Å². The molecule has 0 unspecified atom stereocenters. The van der Waals surface area contributed by atoms with E-state index in [0.29, 0.717) is 10.9 Å². The van der Waals surface area contributed by atoms with E-state index in [1.165, 1.54) is 70.6 Å². The standard InChI is InChI=1S/C28H41Cl2N3/c1-3-4-5-6-7-8-9-10-11-12-13-14-15-20-31-24(2)17-16-21-33-27-19-18-25(30)22-26(27)32-28(33)23-29/h1,18-19,22,31H,2,4-17,20-21,23H2. The Bertz CT molecular complexity index is 866. The highest BCUT2D eigenvalue weighted by Crippen LogP contribution is 2.22. The molecule has 0 aliphatic heterocycles. The Balaban J connectivity index is 1.47. The zero-order valence-corrected chi connectivity index (χ0v) is 21.7. The number of alkyl halides is 1. The monoisotopic (exact) mass is 489 g/mol. The van der Waals surface area contributed by atoms with E-state index in [2.05, 4.69) is 27.4 Å². The number of rotatable bonds is 19. The largest absolute Gasteiger partial charge is 0.389 e. The fourth-order valence-electron chi connectivity index (χ4n) is 4.25. The number of aromatic nitrogens is 2. The second-order valence-electron chi connectivity index (χ2n) is 8.92. The molecule has 1 N–H and O–H groups in total. The summed E-state index contributed by atoms with van der Waals surface area (Å²) >= 11 is 12.2. The Morgan fingerprint density at radius 3 is 2.24 bits per heavy atom. The van der Waals surface area contributed by atoms with Gasteiger partial charge >= 0.3 is 0 Å². The van der Waals surface area contributed by atoms with Gasteiger partial charge in [-0.1, -0.05) is 76.0 Å². The third kappa shape index (κ3) is 10.9. The smallest absolute Gasteiger partial charge is 0.124 e. The molecule has 0 radical (unpaired) electrons. The van der Waals surface area contributed by atoms with Crippen molar-refractivity contribution >= 4 is 34.2 Å². The van der Waals surface area contributed by atoms with Gasteiger partial charge in [0.2, 0.25) is 0 Å². The van der Waals surface area contributed by atoms with Crippen molar-refractivity contribution in [1.29, 1.82) is 0 Å². The van der Waals surface area contributed by atoms with Gasteiger partial charge in [-0.3, -0.25) is 0 Å². The molecule has 1 aromatic carbocycles. The Labute approximate surface area is 211 Å². The lowest BCUT2D eigenvalue weighted by Crippen LogP contribution is -2.14. The van der Waals surface area contributed by atoms with Crippen LogP contribution in [0.5, 0.6) is 0 Å². The lowest BCUT2D eigenvalue weighted by Gasteiger charge is -2.11. The zero-order valence-electron chi connectivity index (χ0n) is 20.2. The molecule has 182 valence electrons. The molecule has 2 rings (SSSR count). The van der Waals surface area contributed by atoms with Gasteiger partial charge in [0.05, 0.1) is 16.9 Å². The van der Waals surface area contributed by atoms with Gasteiger partial charge in [0, 0.05) is 30.2 Å². The normalized spacial score (nSPS) is 11.1. The molecule has 0 atom stereocenters. The van der Waals surface area contributed by atoms with E-state index in [4.69, 9.17) is 29.6 Å². The molecule has 0 spiro atoms. The van der Waals surface area contributed by atoms with E-state index in [-0.39, 0.29) is 0 Å². The Morgan fingerprint density at radius 2 is 1.61 bits per heavy atom. The maximum Gasteiger partial charge on any atom is 0.124 e. The summed E-state index contributed by atoms with van der Waals surface area (Å²) in [5.41, 5.74) is 3.12. The number of hydrogen-bond acceptors (Lipinski definition) is 2. The van der Waals surface area contributed by atoms with Crippen LogP contribution in [0.2, 0.25) is 5.02 Å². The summed E-state index contributed by atoms with van der Waals surface area (Å²) in [6, 6.07) is 5.83. The number of halogens is 2. The Kier molecular flexibility index (Phi) is 14.1. The van der Waals surface area contributed by atoms with Crippen LogP contribution in [0.15, 0.2) is 30.5 Å². The molecule has 5 heteroatoms. The number of benzene rings is 1. The van der Waals surface area contributed by atoms with E-state index in [0.717, 1.165) is 54.9 Å². The third-order valence-corrected chi connectivity index (χ3v) is 6.62. The Hall–Kier alpha value is -1.63. The lowest BCUT2D eigenvalue weighted by molar-refractivity contribution is 0.541. The van der Waals surface area contributed by atoms with E-state index in [9.17, 15) is 0 Å². The van der Waals surface area contributed by atoms with Gasteiger partial charge in [-0.2, -0.15) is 0 Å². The van der Waals surface area contributed by atoms with Crippen molar-refractivity contribution in [3.05, 3.63) is 41.3 Å². The minimum absolute atomic E-state index is 0.401. The van der Waals surface area contributed by atoms with Gasteiger partial charge in [0.15, 0.2) is 0 Å². The highest BCUT2D eigenvalue weighted by Gasteiger charge is 2.10. The molecule has 1 heterocycles. The number of hydrogen-bond donors (Lipinski definition) is 1. The quantitative estimate of drug-likeness (QED) is 0.121. The second kappa shape index (κ2) is 16.9. The summed E-state index contributed by atoms with van der Waals surface area (Å²) in [5.74, 6) is 4.02. The maximum atomic E-state index is 6.11. The predicted octanol–water partition coefficient (Wildman–Crippen LogP) is 8.63. The lowest BCUT2D eigenvalue weighted by atomic mass is 10.1. The van der Waals surface area contributed by atoms with Crippen molar-refractivity contribution in [2.24, 2.45) is 0 Å². The number of terminal acetylenes is 1. The van der Waals surface area contributed by atoms with Gasteiger partial charge in [-0.05, 0) is 43.9 Å². The molecule has 0 bridgehead atoms. The SMILES string of the molecule is C#CCCCCCCCCCCCCCNC(=C)CCCn1c(CCl)nc2cc(Cl)ccc21. The van der Waals surface area contributed by atoms with Gasteiger partial charge in [0.25, 0.3) is 0 Å². The first-order valence-electron chi connectivity index (χ1n) is 12.7. The summed E-state index contributed by atoms with van der Waals surface area (Å²) in [6.07, 6.45) is 22.8. The van der Waals surface area contributed by atoms with Crippen LogP contribution < -0.4 is 5.32 Å². The van der Waals surface area contributed by atoms with Crippen molar-refractivity contribution in [3.8, 4) is 12.3 Å². The topological polar surface area (TPSA) is 29.9 Å². The van der Waals surface area contributed by atoms with E-state index < -0.39 is 0 Å². The summed E-state index contributed by atoms with van der Waals surface area (Å²) < 4.78 is 2.20. The number of nitrogens with one attached hydrogen (secondary N) is 1. The fourth-order valence-corrected chi connectivity index (χ4v) is 4.62. The molecule has 0 aliphatic carbocycles. The van der Waals surface area contributed by atoms with Crippen LogP contribution in [0.3, 0.4) is 0 Å². The third-order valence-electron chi connectivity index (χ3n) is 6.14. The number of aryl methyl sites for hydroxylation is 1. The highest BCUT2D eigenvalue weighted by molar-refractivity contribution is 6.31. The van der Waals surface area contributed by atoms with Crippen LogP contribution in [-0.2, 0) is 12.4 Å². The number of allylic oxidation sites excluding steroid dienone is 1. The van der Waals surface area contributed by atoms with Crippen molar-refractivity contribution in [2.75, 3.05) is 6.54 Å². The number of unbranched alkanes of at least 4 members (excludes halogenated alkanes) is 11. The molecule has 0 saturated carbocycles. The van der Waals surface area contributed by atoms with Crippen molar-refractivity contribution in [3.63, 3.8) is 0 Å². The fraction of sp³-hybridized carbons (Fsp3) is 0.607. The molecule has 0 fully saturated rings. The first-order chi connectivity index (χ1) is 16.2. The van der Waals surface area contributed by atoms with Crippen LogP contribution in [-0.4, -0.2) is 16.1 Å². The predicted molar refractivity (Wildman–Crippen MR) is 145 cm³/mol. The molecule has 1 aromatic heterocycles. The molecule has 3 nitrogen and oxygen atoms in total. The molecule has 0 saturated heterocycles. The van der Waals surface area contributed by atoms with Gasteiger partial charge in [-0.25, -0.2) is 4.98 Å². The molecule has 0 aliphatic rings. The van der Waals surface area contributed by atoms with Crippen molar-refractivity contribution in [1.82, 2.24) is 14.9 Å². The molecular weight excluding hydrogens is 449 g/mol. The van der Waals surface area contributed by atoms with Crippen molar-refractivity contribution in [2.45, 2.75) is 102 Å². The van der Waals surface area contributed by atoms with E-state index in [1.807, 2.05) is 18.2 Å². The number of nitrogens with zero attached hydrogens (tertiary/aromatic N) is 2. The van der Waals surface area contributed by atoms with Gasteiger partial charge in [-0.15, -0.1) is 23.9 Å². The minimum atomic E-state index is 0.401. The molecule has 2 aromatic rings. The van der Waals surface area contributed by atoms with Crippen LogP contribution >= 0.6 is 23.2 Å². The van der Waals surface area contributed by atoms with Crippen LogP contribution in [0, 0.1) is 12.3 Å². The van der Waals surface area contributed by atoms with Crippen LogP contribution in [0.1, 0.15) is 95.7 Å². The molecule has 33 heavy (non-hydrogen) atoms. The Morgan fingerprint density at radius 1 is 0.970 bits per heavy atom. The first kappa shape index (κ1) is 27.6. The van der Waals surface area contributed by atoms with Gasteiger partial charge in [0.1, 0.15) is 5.82 Å². The first-order valence-corrected chi connectivity index (χ1v) is 13.6. The number of imidazole rings is 1. The van der Waals surface area contributed by atoms with Crippen LogP contribution in [0.4, 0.5) is 0 Å². The minimum Gasteiger partial charge on any atom is -0.389 e. The van der Waals surface area contributed by atoms with Crippen LogP contribution in [0.25, 0.3) is 11.0 Å². The van der Waals surface area contributed by atoms with Crippen molar-refractivity contribution < 1.29 is 0 Å². The van der Waals surface area contributed by atoms with E-state index in [1.54, 1.807) is 0 Å². The number of fused-ring (bicyclic) bond motifs is 1. The highest BCUT2D eigenvalue weighted by atomic mass is 35.5. The zero-order chi connectivity index (χ0) is 23.7. The maximum absolute atomic E-state index is 6.11. The average molecular weight is 491 g/mol.